The van der Waals surface area contributed by atoms with Crippen LogP contribution in [0.5, 0.6) is 0 Å². The fraction of sp³-hybridized carbons (Fsp3) is 0.364. The molecule has 7 nitrogen and oxygen atoms in total. The predicted molar refractivity (Wildman–Crippen MR) is 114 cm³/mol. The Balaban J connectivity index is 1.50. The van der Waals surface area contributed by atoms with Crippen molar-refractivity contribution in [1.29, 1.82) is 0 Å². The highest BCUT2D eigenvalue weighted by molar-refractivity contribution is 6.44. The molecule has 2 aliphatic rings. The lowest BCUT2D eigenvalue weighted by molar-refractivity contribution is -0.118. The first-order chi connectivity index (χ1) is 14.0. The van der Waals surface area contributed by atoms with Crippen molar-refractivity contribution in [3.63, 3.8) is 0 Å². The molecule has 0 aliphatic carbocycles. The lowest BCUT2D eigenvalue weighted by Crippen LogP contribution is -2.36. The Labute approximate surface area is 170 Å². The number of hydrogen-bond acceptors (Lipinski definition) is 5. The SMILES string of the molecule is Cc1ccc(C)c(N2N=C(C(=O)Nc3ccc(N4CCCC4)nc3)CCC2=O)c1. The number of benzene rings is 1. The topological polar surface area (TPSA) is 77.9 Å². The van der Waals surface area contributed by atoms with E-state index < -0.39 is 0 Å². The van der Waals surface area contributed by atoms with Gasteiger partial charge in [0.2, 0.25) is 5.91 Å². The number of hydrazone groups is 1. The zero-order valence-electron chi connectivity index (χ0n) is 16.8. The second kappa shape index (κ2) is 8.03. The quantitative estimate of drug-likeness (QED) is 0.866. The van der Waals surface area contributed by atoms with E-state index in [0.29, 0.717) is 17.8 Å². The van der Waals surface area contributed by atoms with Crippen molar-refractivity contribution in [1.82, 2.24) is 4.98 Å². The van der Waals surface area contributed by atoms with Crippen LogP contribution in [0.25, 0.3) is 0 Å². The van der Waals surface area contributed by atoms with Crippen LogP contribution in [0.15, 0.2) is 41.6 Å². The van der Waals surface area contributed by atoms with Crippen LogP contribution >= 0.6 is 0 Å². The van der Waals surface area contributed by atoms with Crippen LogP contribution in [0.3, 0.4) is 0 Å². The van der Waals surface area contributed by atoms with Crippen molar-refractivity contribution in [2.75, 3.05) is 28.3 Å². The lowest BCUT2D eigenvalue weighted by atomic mass is 10.1. The molecule has 0 spiro atoms. The molecule has 0 saturated carbocycles. The molecule has 29 heavy (non-hydrogen) atoms. The monoisotopic (exact) mass is 391 g/mol. The largest absolute Gasteiger partial charge is 0.357 e. The average Bonchev–Trinajstić information content (AvgIpc) is 3.26. The maximum Gasteiger partial charge on any atom is 0.271 e. The molecular weight excluding hydrogens is 366 g/mol. The smallest absolute Gasteiger partial charge is 0.271 e. The highest BCUT2D eigenvalue weighted by Crippen LogP contribution is 2.26. The van der Waals surface area contributed by atoms with Crippen LogP contribution in [-0.4, -0.2) is 35.6 Å². The Bertz CT molecular complexity index is 962. The Hall–Kier alpha value is -3.22. The fourth-order valence-electron chi connectivity index (χ4n) is 3.65. The van der Waals surface area contributed by atoms with Crippen LogP contribution in [0, 0.1) is 13.8 Å². The van der Waals surface area contributed by atoms with E-state index >= 15 is 0 Å². The van der Waals surface area contributed by atoms with Crippen LogP contribution in [0.1, 0.15) is 36.8 Å². The molecule has 1 aromatic carbocycles. The molecule has 1 saturated heterocycles. The van der Waals surface area contributed by atoms with E-state index in [1.807, 2.05) is 44.2 Å². The number of anilines is 3. The molecule has 0 radical (unpaired) electrons. The average molecular weight is 391 g/mol. The number of aromatic nitrogens is 1. The van der Waals surface area contributed by atoms with E-state index in [4.69, 9.17) is 0 Å². The standard InChI is InChI=1S/C22H25N5O2/c1-15-5-6-16(2)19(13-15)27-21(28)10-8-18(25-27)22(29)24-17-7-9-20(23-14-17)26-11-3-4-12-26/h5-7,9,13-14H,3-4,8,10-12H2,1-2H3,(H,24,29). The number of carbonyl (C=O) groups is 2. The number of nitrogens with zero attached hydrogens (tertiary/aromatic N) is 4. The normalized spacial score (nSPS) is 16.8. The Kier molecular flexibility index (Phi) is 5.29. The van der Waals surface area contributed by atoms with Crippen LogP contribution in [-0.2, 0) is 9.59 Å². The first-order valence-corrected chi connectivity index (χ1v) is 10.0. The van der Waals surface area contributed by atoms with E-state index in [9.17, 15) is 9.59 Å². The highest BCUT2D eigenvalue weighted by Gasteiger charge is 2.26. The molecular formula is C22H25N5O2. The minimum absolute atomic E-state index is 0.105. The van der Waals surface area contributed by atoms with E-state index in [0.717, 1.165) is 35.7 Å². The van der Waals surface area contributed by atoms with Gasteiger partial charge in [0, 0.05) is 25.9 Å². The Morgan fingerprint density at radius 2 is 1.86 bits per heavy atom. The molecule has 2 aliphatic heterocycles. The summed E-state index contributed by atoms with van der Waals surface area (Å²) < 4.78 is 0. The van der Waals surface area contributed by atoms with Crippen molar-refractivity contribution in [3.8, 4) is 0 Å². The minimum atomic E-state index is -0.302. The third-order valence-electron chi connectivity index (χ3n) is 5.32. The summed E-state index contributed by atoms with van der Waals surface area (Å²) in [6.45, 7) is 5.95. The van der Waals surface area contributed by atoms with Crippen molar-refractivity contribution in [2.24, 2.45) is 5.10 Å². The van der Waals surface area contributed by atoms with Crippen molar-refractivity contribution in [3.05, 3.63) is 47.7 Å². The summed E-state index contributed by atoms with van der Waals surface area (Å²) in [7, 11) is 0. The summed E-state index contributed by atoms with van der Waals surface area (Å²) in [4.78, 5) is 31.8. The van der Waals surface area contributed by atoms with Gasteiger partial charge in [0.25, 0.3) is 5.91 Å². The van der Waals surface area contributed by atoms with Gasteiger partial charge >= 0.3 is 0 Å². The molecule has 1 fully saturated rings. The van der Waals surface area contributed by atoms with Crippen LogP contribution < -0.4 is 15.2 Å². The first-order valence-electron chi connectivity index (χ1n) is 10.0. The van der Waals surface area contributed by atoms with E-state index in [1.165, 1.54) is 17.9 Å². The maximum atomic E-state index is 12.7. The Morgan fingerprint density at radius 3 is 2.59 bits per heavy atom. The second-order valence-corrected chi connectivity index (χ2v) is 7.60. The molecule has 2 aromatic rings. The van der Waals surface area contributed by atoms with E-state index in [1.54, 1.807) is 6.20 Å². The van der Waals surface area contributed by atoms with Gasteiger partial charge in [-0.1, -0.05) is 12.1 Å². The molecule has 2 amide bonds. The van der Waals surface area contributed by atoms with Gasteiger partial charge in [-0.3, -0.25) is 9.59 Å². The number of amides is 2. The number of nitrogens with one attached hydrogen (secondary N) is 1. The molecule has 0 atom stereocenters. The van der Waals surface area contributed by atoms with Gasteiger partial charge in [0.15, 0.2) is 0 Å². The third kappa shape index (κ3) is 4.13. The summed E-state index contributed by atoms with van der Waals surface area (Å²) in [5.74, 6) is 0.526. The molecule has 3 heterocycles. The zero-order chi connectivity index (χ0) is 20.4. The summed E-state index contributed by atoms with van der Waals surface area (Å²) in [6, 6.07) is 9.64. The van der Waals surface area contributed by atoms with Crippen molar-refractivity contribution >= 4 is 34.7 Å². The first kappa shape index (κ1) is 19.1. The van der Waals surface area contributed by atoms with E-state index in [2.05, 4.69) is 20.3 Å². The summed E-state index contributed by atoms with van der Waals surface area (Å²) >= 11 is 0. The van der Waals surface area contributed by atoms with Gasteiger partial charge in [-0.25, -0.2) is 9.99 Å². The highest BCUT2D eigenvalue weighted by atomic mass is 16.2. The molecule has 150 valence electrons. The summed E-state index contributed by atoms with van der Waals surface area (Å²) in [6.07, 6.45) is 4.63. The number of carbonyl (C=O) groups excluding carboxylic acids is 2. The third-order valence-corrected chi connectivity index (χ3v) is 5.32. The van der Waals surface area contributed by atoms with Crippen molar-refractivity contribution < 1.29 is 9.59 Å². The van der Waals surface area contributed by atoms with Gasteiger partial charge < -0.3 is 10.2 Å². The van der Waals surface area contributed by atoms with Gasteiger partial charge in [0.1, 0.15) is 11.5 Å². The van der Waals surface area contributed by atoms with Crippen molar-refractivity contribution in [2.45, 2.75) is 39.5 Å². The molecule has 1 aromatic heterocycles. The predicted octanol–water partition coefficient (Wildman–Crippen LogP) is 3.42. The molecule has 0 unspecified atom stereocenters. The molecule has 4 rings (SSSR count). The molecule has 7 heteroatoms. The van der Waals surface area contributed by atoms with Crippen LogP contribution in [0.2, 0.25) is 0 Å². The van der Waals surface area contributed by atoms with Crippen LogP contribution in [0.4, 0.5) is 17.2 Å². The van der Waals surface area contributed by atoms with E-state index in [-0.39, 0.29) is 18.2 Å². The summed E-state index contributed by atoms with van der Waals surface area (Å²) in [5.41, 5.74) is 3.66. The van der Waals surface area contributed by atoms with Gasteiger partial charge in [-0.2, -0.15) is 5.10 Å². The zero-order valence-corrected chi connectivity index (χ0v) is 16.8. The van der Waals surface area contributed by atoms with Gasteiger partial charge in [-0.05, 0) is 56.0 Å². The maximum absolute atomic E-state index is 12.7. The minimum Gasteiger partial charge on any atom is -0.357 e. The fourth-order valence-corrected chi connectivity index (χ4v) is 3.65. The summed E-state index contributed by atoms with van der Waals surface area (Å²) in [5, 5.41) is 8.58. The number of hydrogen-bond donors (Lipinski definition) is 1. The molecule has 1 N–H and O–H groups in total. The second-order valence-electron chi connectivity index (χ2n) is 7.60. The number of rotatable bonds is 4. The lowest BCUT2D eigenvalue weighted by Gasteiger charge is -2.24. The number of aryl methyl sites for hydroxylation is 2. The Morgan fingerprint density at radius 1 is 1.07 bits per heavy atom. The van der Waals surface area contributed by atoms with Gasteiger partial charge in [0.05, 0.1) is 17.6 Å². The van der Waals surface area contributed by atoms with Gasteiger partial charge in [-0.15, -0.1) is 0 Å². The molecule has 0 bridgehead atoms. The number of pyridine rings is 1.